The summed E-state index contributed by atoms with van der Waals surface area (Å²) in [5.41, 5.74) is 5.88. The molecular formula is C30H28F2N4O4S. The second-order valence-corrected chi connectivity index (χ2v) is 12.3. The number of halogens is 2. The minimum atomic E-state index is -3.53. The van der Waals surface area contributed by atoms with Crippen molar-refractivity contribution in [3.63, 3.8) is 0 Å². The molecule has 0 aliphatic carbocycles. The number of nitrogens with one attached hydrogen (secondary N) is 1. The lowest BCUT2D eigenvalue weighted by molar-refractivity contribution is 0.0821. The molecule has 8 nitrogen and oxygen atoms in total. The summed E-state index contributed by atoms with van der Waals surface area (Å²) in [5.74, 6) is -0.540. The molecule has 1 N–H and O–H groups in total. The van der Waals surface area contributed by atoms with Gasteiger partial charge in [0, 0.05) is 35.8 Å². The summed E-state index contributed by atoms with van der Waals surface area (Å²) >= 11 is 0. The fourth-order valence-electron chi connectivity index (χ4n) is 5.37. The Morgan fingerprint density at radius 2 is 1.98 bits per heavy atom. The topological polar surface area (TPSA) is 101 Å². The molecule has 2 aromatic heterocycles. The van der Waals surface area contributed by atoms with Crippen LogP contribution in [0.25, 0.3) is 22.2 Å². The molecule has 2 aliphatic heterocycles. The van der Waals surface area contributed by atoms with Crippen LogP contribution in [-0.4, -0.2) is 61.1 Å². The molecule has 0 fully saturated rings. The third-order valence-electron chi connectivity index (χ3n) is 7.50. The van der Waals surface area contributed by atoms with Crippen molar-refractivity contribution in [1.29, 1.82) is 0 Å². The summed E-state index contributed by atoms with van der Waals surface area (Å²) < 4.78 is 56.6. The van der Waals surface area contributed by atoms with E-state index in [2.05, 4.69) is 10.3 Å². The fourth-order valence-corrected chi connectivity index (χ4v) is 6.76. The van der Waals surface area contributed by atoms with E-state index in [1.165, 1.54) is 6.07 Å². The van der Waals surface area contributed by atoms with E-state index in [-0.39, 0.29) is 42.5 Å². The van der Waals surface area contributed by atoms with Gasteiger partial charge in [-0.25, -0.2) is 22.2 Å². The number of aromatic nitrogens is 2. The van der Waals surface area contributed by atoms with Crippen LogP contribution in [0.4, 0.5) is 8.78 Å². The second-order valence-electron chi connectivity index (χ2n) is 10.3. The number of nitrogens with zero attached hydrogens (tertiary/aromatic N) is 3. The van der Waals surface area contributed by atoms with Gasteiger partial charge in [0.25, 0.3) is 12.3 Å². The number of benzene rings is 2. The minimum Gasteiger partial charge on any atom is -0.376 e. The van der Waals surface area contributed by atoms with Crippen molar-refractivity contribution in [1.82, 2.24) is 20.2 Å². The molecule has 0 atom stereocenters. The van der Waals surface area contributed by atoms with Crippen molar-refractivity contribution in [3.05, 3.63) is 88.7 Å². The van der Waals surface area contributed by atoms with E-state index in [1.807, 2.05) is 30.3 Å². The highest BCUT2D eigenvalue weighted by atomic mass is 32.2. The number of alkyl halides is 2. The van der Waals surface area contributed by atoms with Gasteiger partial charge in [-0.15, -0.1) is 0 Å². The summed E-state index contributed by atoms with van der Waals surface area (Å²) in [6, 6.07) is 16.2. The third-order valence-corrected chi connectivity index (χ3v) is 9.26. The monoisotopic (exact) mass is 578 g/mol. The summed E-state index contributed by atoms with van der Waals surface area (Å²) in [6.45, 7) is 1.22. The van der Waals surface area contributed by atoms with Gasteiger partial charge in [-0.2, -0.15) is 0 Å². The van der Waals surface area contributed by atoms with Crippen molar-refractivity contribution in [2.24, 2.45) is 0 Å². The summed E-state index contributed by atoms with van der Waals surface area (Å²) in [4.78, 5) is 24.1. The Kier molecular flexibility index (Phi) is 7.50. The smallest absolute Gasteiger partial charge is 0.251 e. The minimum absolute atomic E-state index is 0.117. The lowest BCUT2D eigenvalue weighted by Gasteiger charge is -2.30. The van der Waals surface area contributed by atoms with E-state index < -0.39 is 22.2 Å². The van der Waals surface area contributed by atoms with Gasteiger partial charge in [0.15, 0.2) is 9.84 Å². The standard InChI is InChI=1S/C30H28F2N4O4S/c31-29(32)17-36-9-8-19-2-1-3-24(25(19)16-36)26-7-6-21-14-33-23(13-27(21)35-26)15-34-30(37)20-4-5-22-18-40-10-11-41(38,39)28(22)12-20/h1-7,12-14,29H,8-11,15-18H2,(H,34,37). The average molecular weight is 579 g/mol. The van der Waals surface area contributed by atoms with E-state index in [4.69, 9.17) is 9.72 Å². The first-order chi connectivity index (χ1) is 19.8. The Morgan fingerprint density at radius 1 is 1.10 bits per heavy atom. The number of carbonyl (C=O) groups is 1. The largest absolute Gasteiger partial charge is 0.376 e. The van der Waals surface area contributed by atoms with Crippen LogP contribution >= 0.6 is 0 Å². The van der Waals surface area contributed by atoms with Gasteiger partial charge in [0.2, 0.25) is 0 Å². The van der Waals surface area contributed by atoms with E-state index in [0.29, 0.717) is 36.3 Å². The number of ether oxygens (including phenoxy) is 1. The molecule has 0 radical (unpaired) electrons. The van der Waals surface area contributed by atoms with Crippen LogP contribution in [0.5, 0.6) is 0 Å². The summed E-state index contributed by atoms with van der Waals surface area (Å²) in [5, 5.41) is 3.64. The van der Waals surface area contributed by atoms with Gasteiger partial charge in [0.05, 0.1) is 53.9 Å². The lowest BCUT2D eigenvalue weighted by atomic mass is 9.93. The number of pyridine rings is 2. The Bertz CT molecular complexity index is 1750. The number of carbonyl (C=O) groups excluding carboxylic acids is 1. The highest BCUT2D eigenvalue weighted by molar-refractivity contribution is 7.91. The van der Waals surface area contributed by atoms with Crippen LogP contribution in [-0.2, 0) is 40.7 Å². The average Bonchev–Trinajstić information content (AvgIpc) is 3.12. The molecular weight excluding hydrogens is 550 g/mol. The van der Waals surface area contributed by atoms with E-state index in [0.717, 1.165) is 27.8 Å². The zero-order valence-corrected chi connectivity index (χ0v) is 23.0. The van der Waals surface area contributed by atoms with Gasteiger partial charge in [-0.1, -0.05) is 24.3 Å². The molecule has 6 rings (SSSR count). The van der Waals surface area contributed by atoms with Crippen LogP contribution in [0.15, 0.2) is 65.7 Å². The fraction of sp³-hybridized carbons (Fsp3) is 0.300. The molecule has 0 bridgehead atoms. The Morgan fingerprint density at radius 3 is 2.83 bits per heavy atom. The molecule has 0 unspecified atom stereocenters. The van der Waals surface area contributed by atoms with E-state index in [9.17, 15) is 22.0 Å². The maximum atomic E-state index is 13.0. The van der Waals surface area contributed by atoms with Crippen LogP contribution in [0, 0.1) is 0 Å². The third kappa shape index (κ3) is 5.83. The summed E-state index contributed by atoms with van der Waals surface area (Å²) in [6.07, 6.45) is 0.0162. The first kappa shape index (κ1) is 27.4. The first-order valence-corrected chi connectivity index (χ1v) is 15.0. The lowest BCUT2D eigenvalue weighted by Crippen LogP contribution is -2.34. The molecule has 212 valence electrons. The molecule has 4 aromatic rings. The zero-order valence-electron chi connectivity index (χ0n) is 22.1. The Hall–Kier alpha value is -3.80. The first-order valence-electron chi connectivity index (χ1n) is 13.4. The number of amides is 1. The maximum absolute atomic E-state index is 13.0. The molecule has 0 spiro atoms. The summed E-state index contributed by atoms with van der Waals surface area (Å²) in [7, 11) is -3.53. The highest BCUT2D eigenvalue weighted by Gasteiger charge is 2.24. The van der Waals surface area contributed by atoms with E-state index in [1.54, 1.807) is 29.3 Å². The van der Waals surface area contributed by atoms with Crippen molar-refractivity contribution < 1.29 is 26.7 Å². The quantitative estimate of drug-likeness (QED) is 0.367. The van der Waals surface area contributed by atoms with Crippen molar-refractivity contribution in [3.8, 4) is 11.3 Å². The number of fused-ring (bicyclic) bond motifs is 3. The highest BCUT2D eigenvalue weighted by Crippen LogP contribution is 2.31. The van der Waals surface area contributed by atoms with Crippen LogP contribution in [0.3, 0.4) is 0 Å². The second kappa shape index (κ2) is 11.2. The SMILES string of the molecule is O=C(NCc1cc2nc(-c3cccc4c3CN(CC(F)F)CC4)ccc2cn1)c1ccc2c(c1)S(=O)(=O)CCOC2. The van der Waals surface area contributed by atoms with Gasteiger partial charge in [0.1, 0.15) is 0 Å². The number of sulfone groups is 1. The van der Waals surface area contributed by atoms with Crippen molar-refractivity contribution in [2.75, 3.05) is 25.4 Å². The number of rotatable bonds is 6. The van der Waals surface area contributed by atoms with Gasteiger partial charge >= 0.3 is 0 Å². The zero-order chi connectivity index (χ0) is 28.6. The molecule has 1 amide bonds. The van der Waals surface area contributed by atoms with Crippen LogP contribution in [0.1, 0.15) is 32.7 Å². The van der Waals surface area contributed by atoms with Crippen LogP contribution in [0.2, 0.25) is 0 Å². The molecule has 0 saturated heterocycles. The number of hydrogen-bond donors (Lipinski definition) is 1. The van der Waals surface area contributed by atoms with Crippen LogP contribution < -0.4 is 5.32 Å². The molecule has 11 heteroatoms. The predicted octanol–water partition coefficient (Wildman–Crippen LogP) is 4.15. The maximum Gasteiger partial charge on any atom is 0.251 e. The molecule has 41 heavy (non-hydrogen) atoms. The van der Waals surface area contributed by atoms with Crippen molar-refractivity contribution in [2.45, 2.75) is 37.4 Å². The molecule has 0 saturated carbocycles. The molecule has 4 heterocycles. The van der Waals surface area contributed by atoms with Gasteiger partial charge in [-0.05, 0) is 53.4 Å². The Balaban J connectivity index is 1.22. The van der Waals surface area contributed by atoms with Gasteiger partial charge < -0.3 is 10.1 Å². The number of hydrogen-bond acceptors (Lipinski definition) is 7. The normalized spacial score (nSPS) is 16.7. The predicted molar refractivity (Wildman–Crippen MR) is 149 cm³/mol. The van der Waals surface area contributed by atoms with Gasteiger partial charge in [-0.3, -0.25) is 14.7 Å². The Labute approximate surface area is 236 Å². The molecule has 2 aromatic carbocycles. The molecule has 2 aliphatic rings. The van der Waals surface area contributed by atoms with E-state index >= 15 is 0 Å². The van der Waals surface area contributed by atoms with Crippen molar-refractivity contribution >= 4 is 26.6 Å².